The maximum absolute atomic E-state index is 11.1. The Hall–Kier alpha value is -1.78. The molecule has 0 aliphatic rings. The van der Waals surface area contributed by atoms with Gasteiger partial charge in [0.1, 0.15) is 11.5 Å². The Morgan fingerprint density at radius 3 is 2.80 bits per heavy atom. The van der Waals surface area contributed by atoms with E-state index in [2.05, 4.69) is 10.6 Å². The smallest absolute Gasteiger partial charge is 0.315 e. The Balaban J connectivity index is 2.11. The number of ketones is 1. The van der Waals surface area contributed by atoms with Gasteiger partial charge in [0.05, 0.1) is 12.8 Å². The third kappa shape index (κ3) is 4.85. The zero-order valence-electron chi connectivity index (χ0n) is 8.58. The van der Waals surface area contributed by atoms with E-state index in [1.165, 1.54) is 6.92 Å². The largest absolute Gasteiger partial charge is 0.467 e. The number of furan rings is 1. The molecule has 1 rings (SSSR count). The fourth-order valence-electron chi connectivity index (χ4n) is 0.995. The van der Waals surface area contributed by atoms with E-state index >= 15 is 0 Å². The lowest BCUT2D eigenvalue weighted by molar-refractivity contribution is -0.116. The number of Topliss-reactive ketones (excluding diaryl/α,β-unsaturated/α-hetero) is 1. The summed E-state index contributed by atoms with van der Waals surface area (Å²) in [5, 5.41) is 5.17. The van der Waals surface area contributed by atoms with E-state index in [1.807, 2.05) is 0 Å². The molecule has 0 radical (unpaired) electrons. The van der Waals surface area contributed by atoms with Crippen LogP contribution in [0.4, 0.5) is 4.79 Å². The van der Waals surface area contributed by atoms with Crippen LogP contribution in [0.2, 0.25) is 0 Å². The van der Waals surface area contributed by atoms with Gasteiger partial charge in [-0.05, 0) is 19.1 Å². The molecular weight excluding hydrogens is 196 g/mol. The second-order valence-corrected chi connectivity index (χ2v) is 3.14. The van der Waals surface area contributed by atoms with Crippen LogP contribution in [0.1, 0.15) is 19.1 Å². The monoisotopic (exact) mass is 210 g/mol. The first-order valence-corrected chi connectivity index (χ1v) is 4.72. The molecule has 0 atom stereocenters. The summed E-state index contributed by atoms with van der Waals surface area (Å²) in [7, 11) is 0. The van der Waals surface area contributed by atoms with E-state index in [0.29, 0.717) is 25.3 Å². The summed E-state index contributed by atoms with van der Waals surface area (Å²) in [5.41, 5.74) is 0. The van der Waals surface area contributed by atoms with Gasteiger partial charge < -0.3 is 15.1 Å². The Bertz CT molecular complexity index is 319. The van der Waals surface area contributed by atoms with Gasteiger partial charge in [-0.1, -0.05) is 0 Å². The second kappa shape index (κ2) is 5.85. The van der Waals surface area contributed by atoms with Crippen LogP contribution >= 0.6 is 0 Å². The molecule has 0 unspecified atom stereocenters. The normalized spacial score (nSPS) is 9.67. The topological polar surface area (TPSA) is 71.3 Å². The van der Waals surface area contributed by atoms with Crippen molar-refractivity contribution in [1.82, 2.24) is 10.6 Å². The summed E-state index contributed by atoms with van der Waals surface area (Å²) < 4.78 is 5.03. The maximum atomic E-state index is 11.1. The minimum Gasteiger partial charge on any atom is -0.467 e. The molecule has 82 valence electrons. The van der Waals surface area contributed by atoms with E-state index in [0.717, 1.165) is 0 Å². The zero-order valence-corrected chi connectivity index (χ0v) is 8.58. The molecular formula is C10H14N2O3. The third-order valence-electron chi connectivity index (χ3n) is 1.77. The highest BCUT2D eigenvalue weighted by Gasteiger charge is 2.01. The zero-order chi connectivity index (χ0) is 11.1. The first kappa shape index (κ1) is 11.3. The van der Waals surface area contributed by atoms with Crippen LogP contribution in [0.5, 0.6) is 0 Å². The van der Waals surface area contributed by atoms with Crippen LogP contribution in [-0.4, -0.2) is 18.4 Å². The molecule has 0 fully saturated rings. The number of hydrogen-bond acceptors (Lipinski definition) is 3. The summed E-state index contributed by atoms with van der Waals surface area (Å²) in [6, 6.07) is 3.23. The molecule has 2 amide bonds. The lowest BCUT2D eigenvalue weighted by Crippen LogP contribution is -2.35. The van der Waals surface area contributed by atoms with Crippen molar-refractivity contribution in [1.29, 1.82) is 0 Å². The van der Waals surface area contributed by atoms with Gasteiger partial charge in [0.15, 0.2) is 0 Å². The summed E-state index contributed by atoms with van der Waals surface area (Å²) in [4.78, 5) is 21.7. The van der Waals surface area contributed by atoms with E-state index < -0.39 is 0 Å². The van der Waals surface area contributed by atoms with Gasteiger partial charge in [-0.2, -0.15) is 0 Å². The van der Waals surface area contributed by atoms with Crippen LogP contribution in [0.3, 0.4) is 0 Å². The standard InChI is InChI=1S/C10H14N2O3/c1-8(13)4-5-11-10(14)12-7-9-3-2-6-15-9/h2-3,6H,4-5,7H2,1H3,(H2,11,12,14). The number of carbonyl (C=O) groups excluding carboxylic acids is 2. The van der Waals surface area contributed by atoms with Crippen LogP contribution in [-0.2, 0) is 11.3 Å². The highest BCUT2D eigenvalue weighted by Crippen LogP contribution is 1.97. The minimum atomic E-state index is -0.298. The second-order valence-electron chi connectivity index (χ2n) is 3.14. The summed E-state index contributed by atoms with van der Waals surface area (Å²) in [6.07, 6.45) is 1.90. The number of nitrogens with one attached hydrogen (secondary N) is 2. The lowest BCUT2D eigenvalue weighted by Gasteiger charge is -2.04. The van der Waals surface area contributed by atoms with E-state index in [1.54, 1.807) is 18.4 Å². The molecule has 1 heterocycles. The quantitative estimate of drug-likeness (QED) is 0.763. The lowest BCUT2D eigenvalue weighted by atomic mass is 10.3. The van der Waals surface area contributed by atoms with Crippen LogP contribution < -0.4 is 10.6 Å². The van der Waals surface area contributed by atoms with Gasteiger partial charge in [-0.15, -0.1) is 0 Å². The molecule has 0 saturated heterocycles. The third-order valence-corrected chi connectivity index (χ3v) is 1.77. The predicted molar refractivity (Wildman–Crippen MR) is 54.2 cm³/mol. The number of rotatable bonds is 5. The first-order valence-electron chi connectivity index (χ1n) is 4.72. The molecule has 5 nitrogen and oxygen atoms in total. The molecule has 0 aliphatic carbocycles. The van der Waals surface area contributed by atoms with Gasteiger partial charge in [0.2, 0.25) is 0 Å². The fourth-order valence-corrected chi connectivity index (χ4v) is 0.995. The molecule has 0 aliphatic heterocycles. The molecule has 1 aromatic heterocycles. The summed E-state index contributed by atoms with van der Waals surface area (Å²) >= 11 is 0. The van der Waals surface area contributed by atoms with Gasteiger partial charge in [0.25, 0.3) is 0 Å². The number of amides is 2. The van der Waals surface area contributed by atoms with Gasteiger partial charge in [-0.25, -0.2) is 4.79 Å². The molecule has 2 N–H and O–H groups in total. The summed E-state index contributed by atoms with van der Waals surface area (Å²) in [6.45, 7) is 2.20. The molecule has 0 bridgehead atoms. The highest BCUT2D eigenvalue weighted by molar-refractivity contribution is 5.77. The van der Waals surface area contributed by atoms with E-state index in [-0.39, 0.29) is 11.8 Å². The fraction of sp³-hybridized carbons (Fsp3) is 0.400. The van der Waals surface area contributed by atoms with Crippen LogP contribution in [0.25, 0.3) is 0 Å². The highest BCUT2D eigenvalue weighted by atomic mass is 16.3. The minimum absolute atomic E-state index is 0.0568. The Morgan fingerprint density at radius 2 is 2.20 bits per heavy atom. The van der Waals surface area contributed by atoms with Crippen molar-refractivity contribution in [3.05, 3.63) is 24.2 Å². The molecule has 15 heavy (non-hydrogen) atoms. The van der Waals surface area contributed by atoms with E-state index in [4.69, 9.17) is 4.42 Å². The van der Waals surface area contributed by atoms with Crippen LogP contribution in [0.15, 0.2) is 22.8 Å². The number of hydrogen-bond donors (Lipinski definition) is 2. The number of carbonyl (C=O) groups is 2. The first-order chi connectivity index (χ1) is 7.18. The number of urea groups is 1. The molecule has 0 spiro atoms. The molecule has 0 aromatic carbocycles. The average Bonchev–Trinajstić information content (AvgIpc) is 2.66. The SMILES string of the molecule is CC(=O)CCNC(=O)NCc1ccco1. The Kier molecular flexibility index (Phi) is 4.40. The van der Waals surface area contributed by atoms with Crippen molar-refractivity contribution in [2.75, 3.05) is 6.54 Å². The summed E-state index contributed by atoms with van der Waals surface area (Å²) in [5.74, 6) is 0.748. The Labute approximate surface area is 87.8 Å². The van der Waals surface area contributed by atoms with Crippen molar-refractivity contribution in [2.45, 2.75) is 19.9 Å². The average molecular weight is 210 g/mol. The van der Waals surface area contributed by atoms with Crippen molar-refractivity contribution < 1.29 is 14.0 Å². The van der Waals surface area contributed by atoms with E-state index in [9.17, 15) is 9.59 Å². The molecule has 1 aromatic rings. The van der Waals surface area contributed by atoms with Crippen molar-refractivity contribution >= 4 is 11.8 Å². The molecule has 5 heteroatoms. The van der Waals surface area contributed by atoms with Crippen molar-refractivity contribution in [3.63, 3.8) is 0 Å². The predicted octanol–water partition coefficient (Wildman–Crippen LogP) is 1.06. The maximum Gasteiger partial charge on any atom is 0.315 e. The molecule has 0 saturated carbocycles. The van der Waals surface area contributed by atoms with Crippen LogP contribution in [0, 0.1) is 0 Å². The van der Waals surface area contributed by atoms with Crippen molar-refractivity contribution in [2.24, 2.45) is 0 Å². The van der Waals surface area contributed by atoms with Crippen molar-refractivity contribution in [3.8, 4) is 0 Å². The van der Waals surface area contributed by atoms with Gasteiger partial charge in [-0.3, -0.25) is 4.79 Å². The Morgan fingerprint density at radius 1 is 1.40 bits per heavy atom. The van der Waals surface area contributed by atoms with Gasteiger partial charge in [0, 0.05) is 13.0 Å². The van der Waals surface area contributed by atoms with Gasteiger partial charge >= 0.3 is 6.03 Å².